The van der Waals surface area contributed by atoms with E-state index in [9.17, 15) is 14.4 Å². The number of ether oxygens (including phenoxy) is 2. The summed E-state index contributed by atoms with van der Waals surface area (Å²) < 4.78 is 12.5. The Morgan fingerprint density at radius 3 is 2.47 bits per heavy atom. The maximum Gasteiger partial charge on any atom is 0.313 e. The molecule has 2 fully saturated rings. The lowest BCUT2D eigenvalue weighted by Gasteiger charge is -2.41. The van der Waals surface area contributed by atoms with Crippen molar-refractivity contribution in [1.82, 2.24) is 9.80 Å². The van der Waals surface area contributed by atoms with Gasteiger partial charge in [0.05, 0.1) is 18.1 Å². The number of fused-ring (bicyclic) bond motifs is 2. The summed E-state index contributed by atoms with van der Waals surface area (Å²) in [6, 6.07) is -0.846. The normalized spacial score (nSPS) is 35.7. The molecule has 8 nitrogen and oxygen atoms in total. The Morgan fingerprint density at radius 2 is 1.75 bits per heavy atom. The molecule has 1 spiro atoms. The van der Waals surface area contributed by atoms with Gasteiger partial charge in [0.25, 0.3) is 0 Å². The summed E-state index contributed by atoms with van der Waals surface area (Å²) in [5.74, 6) is -2.46. The zero-order valence-corrected chi connectivity index (χ0v) is 22.2. The summed E-state index contributed by atoms with van der Waals surface area (Å²) in [4.78, 5) is 45.3. The van der Waals surface area contributed by atoms with Gasteiger partial charge in [0.1, 0.15) is 17.6 Å². The zero-order valence-electron chi connectivity index (χ0n) is 22.2. The number of rotatable bonds is 6. The molecule has 0 aromatic carbocycles. The van der Waals surface area contributed by atoms with E-state index >= 15 is 0 Å². The van der Waals surface area contributed by atoms with E-state index in [1.165, 1.54) is 0 Å². The number of cyclic esters (lactones) is 1. The van der Waals surface area contributed by atoms with Gasteiger partial charge in [0.15, 0.2) is 0 Å². The van der Waals surface area contributed by atoms with E-state index in [4.69, 9.17) is 14.6 Å². The van der Waals surface area contributed by atoms with Crippen molar-refractivity contribution in [2.45, 2.75) is 95.4 Å². The number of amides is 2. The van der Waals surface area contributed by atoms with Crippen LogP contribution in [0.4, 0.5) is 0 Å². The number of nitrogens with zero attached hydrogens (tertiary/aromatic N) is 2. The van der Waals surface area contributed by atoms with Crippen molar-refractivity contribution in [1.29, 1.82) is 0 Å². The van der Waals surface area contributed by atoms with Gasteiger partial charge >= 0.3 is 5.97 Å². The number of unbranched alkanes of at least 4 members (excludes halogenated alkanes) is 3. The first-order valence-electron chi connectivity index (χ1n) is 13.5. The summed E-state index contributed by atoms with van der Waals surface area (Å²) in [6.45, 7) is 9.09. The standard InChI is InChI=1S/C28H42N2O6/c1-26(2,3)30-17-13-15-28-20(21-25(34)35-19-12-8-5-9-14-27(21,4)36-28)23(32)29(22(28)24(30)33)16-10-6-7-11-18-31/h9,13-15,20-22,31H,5-8,10-12,16-19H2,1-4H3/b14-9-/t20-,21-,22?,27+,28-/m0/s1. The Balaban J connectivity index is 1.77. The first kappa shape index (κ1) is 26.9. The molecule has 0 aliphatic carbocycles. The fourth-order valence-electron chi connectivity index (χ4n) is 6.39. The quantitative estimate of drug-likeness (QED) is 0.341. The van der Waals surface area contributed by atoms with Crippen molar-refractivity contribution in [2.75, 3.05) is 26.3 Å². The van der Waals surface area contributed by atoms with E-state index in [0.29, 0.717) is 32.5 Å². The highest BCUT2D eigenvalue weighted by Gasteiger charge is 2.74. The molecule has 2 saturated heterocycles. The Kier molecular flexibility index (Phi) is 7.68. The number of aliphatic hydroxyl groups excluding tert-OH is 1. The summed E-state index contributed by atoms with van der Waals surface area (Å²) >= 11 is 0. The Morgan fingerprint density at radius 1 is 1.00 bits per heavy atom. The SMILES string of the molecule is CC(C)(C)N1CC=C[C@]23O[C@]4(C)/C=C\CCCCOC(=O)[C@@H]4[C@H]2C(=O)N(CCCCCCO)C3C1=O. The van der Waals surface area contributed by atoms with Crippen molar-refractivity contribution in [3.63, 3.8) is 0 Å². The molecule has 4 aliphatic rings. The molecule has 0 radical (unpaired) electrons. The van der Waals surface area contributed by atoms with Crippen LogP contribution in [0.25, 0.3) is 0 Å². The third-order valence-corrected chi connectivity index (χ3v) is 8.12. The van der Waals surface area contributed by atoms with E-state index in [1.807, 2.05) is 52.0 Å². The number of hydrogen-bond acceptors (Lipinski definition) is 6. The number of aliphatic hydroxyl groups is 1. The van der Waals surface area contributed by atoms with Gasteiger partial charge in [-0.25, -0.2) is 0 Å². The molecule has 2 amide bonds. The fraction of sp³-hybridized carbons (Fsp3) is 0.750. The molecule has 200 valence electrons. The van der Waals surface area contributed by atoms with Gasteiger partial charge in [-0.05, 0) is 59.8 Å². The fourth-order valence-corrected chi connectivity index (χ4v) is 6.39. The highest BCUT2D eigenvalue weighted by molar-refractivity contribution is 5.99. The van der Waals surface area contributed by atoms with E-state index in [2.05, 4.69) is 0 Å². The molecule has 4 aliphatic heterocycles. The molecule has 5 atom stereocenters. The average molecular weight is 503 g/mol. The maximum atomic E-state index is 14.2. The third kappa shape index (κ3) is 4.62. The highest BCUT2D eigenvalue weighted by Crippen LogP contribution is 2.57. The summed E-state index contributed by atoms with van der Waals surface area (Å²) in [5.41, 5.74) is -2.74. The van der Waals surface area contributed by atoms with Crippen molar-refractivity contribution in [3.05, 3.63) is 24.3 Å². The molecule has 1 N–H and O–H groups in total. The van der Waals surface area contributed by atoms with Crippen LogP contribution in [0.5, 0.6) is 0 Å². The highest BCUT2D eigenvalue weighted by atomic mass is 16.6. The van der Waals surface area contributed by atoms with Crippen LogP contribution in [0.3, 0.4) is 0 Å². The number of allylic oxidation sites excluding steroid dienone is 1. The predicted octanol–water partition coefficient (Wildman–Crippen LogP) is 2.99. The van der Waals surface area contributed by atoms with Gasteiger partial charge in [-0.1, -0.05) is 37.1 Å². The molecule has 0 bridgehead atoms. The second kappa shape index (κ2) is 10.3. The van der Waals surface area contributed by atoms with Gasteiger partial charge in [-0.2, -0.15) is 0 Å². The maximum absolute atomic E-state index is 14.2. The molecule has 4 heterocycles. The summed E-state index contributed by atoms with van der Waals surface area (Å²) in [6.07, 6.45) is 13.4. The van der Waals surface area contributed by atoms with Gasteiger partial charge in [-0.3, -0.25) is 14.4 Å². The molecule has 0 aromatic heterocycles. The minimum absolute atomic E-state index is 0.143. The lowest BCUT2D eigenvalue weighted by Crippen LogP contribution is -2.59. The largest absolute Gasteiger partial charge is 0.465 e. The number of likely N-dealkylation sites (tertiary alicyclic amines) is 1. The van der Waals surface area contributed by atoms with Crippen LogP contribution >= 0.6 is 0 Å². The first-order chi connectivity index (χ1) is 17.1. The third-order valence-electron chi connectivity index (χ3n) is 8.12. The van der Waals surface area contributed by atoms with Crippen molar-refractivity contribution >= 4 is 17.8 Å². The molecular formula is C28H42N2O6. The van der Waals surface area contributed by atoms with Gasteiger partial charge in [0, 0.05) is 25.2 Å². The lowest BCUT2D eigenvalue weighted by molar-refractivity contribution is -0.160. The van der Waals surface area contributed by atoms with E-state index < -0.39 is 40.6 Å². The Labute approximate surface area is 214 Å². The molecule has 8 heteroatoms. The predicted molar refractivity (Wildman–Crippen MR) is 135 cm³/mol. The van der Waals surface area contributed by atoms with Crippen molar-refractivity contribution in [2.24, 2.45) is 11.8 Å². The number of hydrogen-bond donors (Lipinski definition) is 1. The van der Waals surface area contributed by atoms with E-state index in [1.54, 1.807) is 9.80 Å². The van der Waals surface area contributed by atoms with Crippen LogP contribution in [0, 0.1) is 11.8 Å². The monoisotopic (exact) mass is 502 g/mol. The molecular weight excluding hydrogens is 460 g/mol. The first-order valence-corrected chi connectivity index (χ1v) is 13.5. The molecule has 4 rings (SSSR count). The van der Waals surface area contributed by atoms with Crippen LogP contribution in [-0.2, 0) is 23.9 Å². The van der Waals surface area contributed by atoms with Crippen molar-refractivity contribution in [3.8, 4) is 0 Å². The van der Waals surface area contributed by atoms with Crippen LogP contribution in [0.15, 0.2) is 24.3 Å². The van der Waals surface area contributed by atoms with E-state index in [0.717, 1.165) is 32.1 Å². The minimum Gasteiger partial charge on any atom is -0.465 e. The minimum atomic E-state index is -1.24. The molecule has 36 heavy (non-hydrogen) atoms. The summed E-state index contributed by atoms with van der Waals surface area (Å²) in [7, 11) is 0. The smallest absolute Gasteiger partial charge is 0.313 e. The molecule has 0 saturated carbocycles. The summed E-state index contributed by atoms with van der Waals surface area (Å²) in [5, 5.41) is 9.10. The number of esters is 1. The Hall–Kier alpha value is -2.19. The number of carbonyl (C=O) groups excluding carboxylic acids is 3. The van der Waals surface area contributed by atoms with E-state index in [-0.39, 0.29) is 18.4 Å². The average Bonchev–Trinajstić information content (AvgIpc) is 3.12. The second-order valence-corrected chi connectivity index (χ2v) is 11.8. The van der Waals surface area contributed by atoms with Crippen LogP contribution in [0.1, 0.15) is 72.6 Å². The topological polar surface area (TPSA) is 96.4 Å². The number of carbonyl (C=O) groups is 3. The zero-order chi connectivity index (χ0) is 26.1. The molecule has 1 unspecified atom stereocenters. The van der Waals surface area contributed by atoms with Gasteiger partial charge < -0.3 is 24.4 Å². The van der Waals surface area contributed by atoms with Crippen molar-refractivity contribution < 1.29 is 29.0 Å². The second-order valence-electron chi connectivity index (χ2n) is 11.8. The van der Waals surface area contributed by atoms with Crippen LogP contribution < -0.4 is 0 Å². The van der Waals surface area contributed by atoms with Crippen LogP contribution in [-0.4, -0.2) is 81.8 Å². The van der Waals surface area contributed by atoms with Gasteiger partial charge in [-0.15, -0.1) is 0 Å². The Bertz CT molecular complexity index is 923. The van der Waals surface area contributed by atoms with Gasteiger partial charge in [0.2, 0.25) is 11.8 Å². The lowest BCUT2D eigenvalue weighted by atomic mass is 9.74. The molecule has 0 aromatic rings. The van der Waals surface area contributed by atoms with Crippen LogP contribution in [0.2, 0.25) is 0 Å².